The lowest BCUT2D eigenvalue weighted by Crippen LogP contribution is -2.29. The molecule has 0 bridgehead atoms. The SMILES string of the molecule is CNC(=O)SNC(=O)C(c1cccc(C)c1)c1cc(C(F)(F)F)ccn1. The molecule has 0 fully saturated rings. The first-order valence-electron chi connectivity index (χ1n) is 7.50. The van der Waals surface area contributed by atoms with Gasteiger partial charge in [-0.2, -0.15) is 13.2 Å². The predicted octanol–water partition coefficient (Wildman–Crippen LogP) is 3.64. The molecule has 1 unspecified atom stereocenters. The fourth-order valence-electron chi connectivity index (χ4n) is 2.30. The van der Waals surface area contributed by atoms with Gasteiger partial charge in [-0.1, -0.05) is 29.8 Å². The molecule has 2 aromatic rings. The number of pyridine rings is 1. The van der Waals surface area contributed by atoms with Gasteiger partial charge in [0, 0.05) is 13.2 Å². The lowest BCUT2D eigenvalue weighted by Gasteiger charge is -2.18. The molecule has 2 amide bonds. The molecule has 5 nitrogen and oxygen atoms in total. The maximum Gasteiger partial charge on any atom is 0.416 e. The molecule has 0 aliphatic rings. The van der Waals surface area contributed by atoms with Crippen molar-refractivity contribution < 1.29 is 22.8 Å². The van der Waals surface area contributed by atoms with Gasteiger partial charge >= 0.3 is 6.18 Å². The number of alkyl halides is 3. The predicted molar refractivity (Wildman–Crippen MR) is 92.5 cm³/mol. The quantitative estimate of drug-likeness (QED) is 0.794. The number of amides is 2. The van der Waals surface area contributed by atoms with Crippen LogP contribution in [0.1, 0.15) is 28.3 Å². The molecule has 0 radical (unpaired) electrons. The molecule has 9 heteroatoms. The number of rotatable bonds is 3. The number of hydrogen-bond donors (Lipinski definition) is 2. The highest BCUT2D eigenvalue weighted by molar-refractivity contribution is 8.12. The Kier molecular flexibility index (Phi) is 6.25. The third-order valence-corrected chi connectivity index (χ3v) is 4.18. The highest BCUT2D eigenvalue weighted by Crippen LogP contribution is 2.32. The standard InChI is InChI=1S/C17H16F3N3O2S/c1-10-4-3-5-11(8-10)14(15(24)23-26-16(25)21-2)13-9-12(6-7-22-13)17(18,19)20/h3-9,14H,1-2H3,(H,21,25)(H,23,24). The minimum atomic E-state index is -4.55. The van der Waals surface area contributed by atoms with Crippen molar-refractivity contribution in [3.05, 3.63) is 65.0 Å². The molecule has 0 aliphatic heterocycles. The number of nitrogens with one attached hydrogen (secondary N) is 2. The van der Waals surface area contributed by atoms with Crippen molar-refractivity contribution in [3.63, 3.8) is 0 Å². The van der Waals surface area contributed by atoms with Gasteiger partial charge in [-0.3, -0.25) is 19.3 Å². The summed E-state index contributed by atoms with van der Waals surface area (Å²) in [5.41, 5.74) is 0.366. The summed E-state index contributed by atoms with van der Waals surface area (Å²) < 4.78 is 41.4. The summed E-state index contributed by atoms with van der Waals surface area (Å²) in [5.74, 6) is -1.73. The summed E-state index contributed by atoms with van der Waals surface area (Å²) in [7, 11) is 1.40. The average molecular weight is 383 g/mol. The Bertz CT molecular complexity index is 812. The highest BCUT2D eigenvalue weighted by Gasteiger charge is 2.33. The van der Waals surface area contributed by atoms with Gasteiger partial charge in [0.1, 0.15) is 5.92 Å². The molecule has 1 aromatic carbocycles. The molecule has 1 aromatic heterocycles. The van der Waals surface area contributed by atoms with E-state index in [1.165, 1.54) is 7.05 Å². The first-order valence-corrected chi connectivity index (χ1v) is 8.32. The van der Waals surface area contributed by atoms with Crippen LogP contribution < -0.4 is 10.0 Å². The van der Waals surface area contributed by atoms with Crippen LogP contribution in [0.4, 0.5) is 18.0 Å². The zero-order valence-electron chi connectivity index (χ0n) is 13.9. The van der Waals surface area contributed by atoms with E-state index in [1.54, 1.807) is 31.2 Å². The second kappa shape index (κ2) is 8.22. The largest absolute Gasteiger partial charge is 0.416 e. The van der Waals surface area contributed by atoms with Gasteiger partial charge in [0.2, 0.25) is 5.91 Å². The van der Waals surface area contributed by atoms with E-state index in [0.717, 1.165) is 23.9 Å². The highest BCUT2D eigenvalue weighted by atomic mass is 32.2. The van der Waals surface area contributed by atoms with Crippen LogP contribution in [0.3, 0.4) is 0 Å². The van der Waals surface area contributed by atoms with Crippen LogP contribution in [0, 0.1) is 6.92 Å². The maximum atomic E-state index is 13.0. The zero-order valence-corrected chi connectivity index (χ0v) is 14.7. The minimum Gasteiger partial charge on any atom is -0.349 e. The van der Waals surface area contributed by atoms with Crippen molar-refractivity contribution >= 4 is 23.1 Å². The number of carbonyl (C=O) groups is 2. The molecule has 2 rings (SSSR count). The van der Waals surface area contributed by atoms with Crippen LogP contribution in [0.15, 0.2) is 42.6 Å². The summed E-state index contributed by atoms with van der Waals surface area (Å²) >= 11 is 0.517. The van der Waals surface area contributed by atoms with Gasteiger partial charge in [0.05, 0.1) is 23.2 Å². The number of aryl methyl sites for hydroxylation is 1. The molecule has 0 spiro atoms. The molecular weight excluding hydrogens is 367 g/mol. The normalized spacial score (nSPS) is 12.3. The van der Waals surface area contributed by atoms with E-state index in [0.29, 0.717) is 17.5 Å². The monoisotopic (exact) mass is 383 g/mol. The minimum absolute atomic E-state index is 0.0552. The summed E-state index contributed by atoms with van der Waals surface area (Å²) in [4.78, 5) is 27.9. The van der Waals surface area contributed by atoms with Crippen LogP contribution in [0.25, 0.3) is 0 Å². The Morgan fingerprint density at radius 3 is 2.54 bits per heavy atom. The van der Waals surface area contributed by atoms with Crippen LogP contribution in [-0.4, -0.2) is 23.2 Å². The number of aromatic nitrogens is 1. The molecule has 138 valence electrons. The van der Waals surface area contributed by atoms with Crippen molar-refractivity contribution in [2.45, 2.75) is 19.0 Å². The fraction of sp³-hybridized carbons (Fsp3) is 0.235. The van der Waals surface area contributed by atoms with E-state index < -0.39 is 28.8 Å². The van der Waals surface area contributed by atoms with Crippen molar-refractivity contribution in [2.24, 2.45) is 0 Å². The van der Waals surface area contributed by atoms with E-state index in [9.17, 15) is 22.8 Å². The molecule has 0 saturated carbocycles. The number of nitrogens with zero attached hydrogens (tertiary/aromatic N) is 1. The Morgan fingerprint density at radius 1 is 1.19 bits per heavy atom. The third-order valence-electron chi connectivity index (χ3n) is 3.49. The molecule has 26 heavy (non-hydrogen) atoms. The maximum absolute atomic E-state index is 13.0. The first kappa shape index (κ1) is 19.8. The molecule has 1 atom stereocenters. The van der Waals surface area contributed by atoms with E-state index in [4.69, 9.17) is 0 Å². The van der Waals surface area contributed by atoms with Crippen molar-refractivity contribution in [1.82, 2.24) is 15.0 Å². The van der Waals surface area contributed by atoms with Crippen LogP contribution in [-0.2, 0) is 11.0 Å². The number of carbonyl (C=O) groups excluding carboxylic acids is 2. The Labute approximate surface area is 152 Å². The van der Waals surface area contributed by atoms with Crippen LogP contribution in [0.5, 0.6) is 0 Å². The average Bonchev–Trinajstić information content (AvgIpc) is 2.59. The lowest BCUT2D eigenvalue weighted by molar-refractivity contribution is -0.137. The second-order valence-electron chi connectivity index (χ2n) is 5.42. The molecule has 2 N–H and O–H groups in total. The van der Waals surface area contributed by atoms with E-state index in [1.807, 2.05) is 0 Å². The van der Waals surface area contributed by atoms with Gasteiger partial charge in [-0.15, -0.1) is 0 Å². The van der Waals surface area contributed by atoms with Gasteiger partial charge in [0.15, 0.2) is 0 Å². The van der Waals surface area contributed by atoms with Crippen molar-refractivity contribution in [1.29, 1.82) is 0 Å². The summed E-state index contributed by atoms with van der Waals surface area (Å²) in [6.07, 6.45) is -3.54. The summed E-state index contributed by atoms with van der Waals surface area (Å²) in [5, 5.41) is 1.82. The van der Waals surface area contributed by atoms with Gasteiger partial charge < -0.3 is 5.32 Å². The zero-order chi connectivity index (χ0) is 19.3. The van der Waals surface area contributed by atoms with Gasteiger partial charge in [-0.05, 0) is 24.6 Å². The summed E-state index contributed by atoms with van der Waals surface area (Å²) in [6, 6.07) is 8.51. The van der Waals surface area contributed by atoms with Crippen molar-refractivity contribution in [3.8, 4) is 0 Å². The first-order chi connectivity index (χ1) is 12.2. The Hall–Kier alpha value is -2.55. The van der Waals surface area contributed by atoms with E-state index in [2.05, 4.69) is 15.0 Å². The molecule has 1 heterocycles. The Balaban J connectivity index is 2.44. The number of benzene rings is 1. The van der Waals surface area contributed by atoms with E-state index in [-0.39, 0.29) is 5.69 Å². The molecular formula is C17H16F3N3O2S. The van der Waals surface area contributed by atoms with Crippen LogP contribution >= 0.6 is 11.9 Å². The second-order valence-corrected chi connectivity index (χ2v) is 6.20. The van der Waals surface area contributed by atoms with E-state index >= 15 is 0 Å². The molecule has 0 aliphatic carbocycles. The third kappa shape index (κ3) is 4.98. The number of halogens is 3. The van der Waals surface area contributed by atoms with Crippen molar-refractivity contribution in [2.75, 3.05) is 7.05 Å². The number of hydrogen-bond acceptors (Lipinski definition) is 4. The molecule has 0 saturated heterocycles. The summed E-state index contributed by atoms with van der Waals surface area (Å²) in [6.45, 7) is 1.80. The topological polar surface area (TPSA) is 71.1 Å². The Morgan fingerprint density at radius 2 is 1.92 bits per heavy atom. The fourth-order valence-corrected chi connectivity index (χ4v) is 2.71. The lowest BCUT2D eigenvalue weighted by atomic mass is 9.92. The van der Waals surface area contributed by atoms with Gasteiger partial charge in [0.25, 0.3) is 5.24 Å². The smallest absolute Gasteiger partial charge is 0.349 e. The van der Waals surface area contributed by atoms with Crippen LogP contribution in [0.2, 0.25) is 0 Å². The van der Waals surface area contributed by atoms with Gasteiger partial charge in [-0.25, -0.2) is 0 Å².